The monoisotopic (exact) mass is 752 g/mol. The number of hydrogen-bond acceptors (Lipinski definition) is 11. The predicted molar refractivity (Wildman–Crippen MR) is 197 cm³/mol. The Kier molecular flexibility index (Phi) is 28.1. The highest BCUT2D eigenvalue weighted by molar-refractivity contribution is 7.85. The van der Waals surface area contributed by atoms with E-state index in [0.29, 0.717) is 12.8 Å². The van der Waals surface area contributed by atoms with Gasteiger partial charge in [-0.3, -0.25) is 14.1 Å². The molecular formula is C38H72O12S. The molecule has 0 amide bonds. The molecule has 1 fully saturated rings. The van der Waals surface area contributed by atoms with Gasteiger partial charge in [0, 0.05) is 12.8 Å². The molecule has 0 aromatic carbocycles. The highest BCUT2D eigenvalue weighted by Crippen LogP contribution is 2.24. The van der Waals surface area contributed by atoms with Crippen LogP contribution in [0, 0.1) is 0 Å². The largest absolute Gasteiger partial charge is 0.462 e. The van der Waals surface area contributed by atoms with Crippen molar-refractivity contribution in [1.82, 2.24) is 0 Å². The molecule has 51 heavy (non-hydrogen) atoms. The normalized spacial score (nSPS) is 21.4. The number of carbonyl (C=O) groups is 2. The van der Waals surface area contributed by atoms with Crippen LogP contribution in [0.2, 0.25) is 0 Å². The molecule has 302 valence electrons. The van der Waals surface area contributed by atoms with Crippen LogP contribution in [0.5, 0.6) is 0 Å². The molecule has 12 nitrogen and oxygen atoms in total. The van der Waals surface area contributed by atoms with E-state index in [0.717, 1.165) is 38.5 Å². The van der Waals surface area contributed by atoms with Gasteiger partial charge in [-0.25, -0.2) is 0 Å². The van der Waals surface area contributed by atoms with Crippen LogP contribution in [0.15, 0.2) is 0 Å². The van der Waals surface area contributed by atoms with E-state index in [1.807, 2.05) is 0 Å². The van der Waals surface area contributed by atoms with E-state index in [-0.39, 0.29) is 19.4 Å². The van der Waals surface area contributed by atoms with Crippen LogP contribution in [-0.2, 0) is 38.7 Å². The first-order valence-electron chi connectivity index (χ1n) is 20.1. The Hall–Kier alpha value is -1.35. The Labute approximate surface area is 308 Å². The molecule has 1 rings (SSSR count). The SMILES string of the molecule is CCCCCCCCCCCCCCCC(=O)O[C@H](COC(=O)CCCCCCCCCCCC)CO[C@H]1O[C@H](CS(=O)(=O)O)[C@@H](O)C(O)C1O. The summed E-state index contributed by atoms with van der Waals surface area (Å²) in [7, 11) is -4.59. The van der Waals surface area contributed by atoms with Gasteiger partial charge in [0.25, 0.3) is 10.1 Å². The van der Waals surface area contributed by atoms with Crippen LogP contribution in [0.1, 0.15) is 174 Å². The van der Waals surface area contributed by atoms with Crippen LogP contribution in [0.4, 0.5) is 0 Å². The fourth-order valence-electron chi connectivity index (χ4n) is 6.26. The van der Waals surface area contributed by atoms with Gasteiger partial charge < -0.3 is 34.3 Å². The third kappa shape index (κ3) is 25.3. The van der Waals surface area contributed by atoms with Crippen molar-refractivity contribution in [3.05, 3.63) is 0 Å². The summed E-state index contributed by atoms with van der Waals surface area (Å²) in [5.74, 6) is -1.97. The second-order valence-electron chi connectivity index (χ2n) is 14.3. The summed E-state index contributed by atoms with van der Waals surface area (Å²) in [5, 5.41) is 30.7. The third-order valence-electron chi connectivity index (χ3n) is 9.44. The summed E-state index contributed by atoms with van der Waals surface area (Å²) in [4.78, 5) is 25.2. The Morgan fingerprint density at radius 2 is 1.00 bits per heavy atom. The van der Waals surface area contributed by atoms with Crippen molar-refractivity contribution in [2.24, 2.45) is 0 Å². The minimum atomic E-state index is -4.59. The van der Waals surface area contributed by atoms with Gasteiger partial charge in [0.05, 0.1) is 6.61 Å². The Bertz CT molecular complexity index is 978. The zero-order valence-electron chi connectivity index (χ0n) is 31.7. The van der Waals surface area contributed by atoms with Gasteiger partial charge in [-0.05, 0) is 12.8 Å². The molecule has 0 aromatic rings. The summed E-state index contributed by atoms with van der Waals surface area (Å²) in [6.45, 7) is 3.73. The summed E-state index contributed by atoms with van der Waals surface area (Å²) >= 11 is 0. The lowest BCUT2D eigenvalue weighted by Gasteiger charge is -2.40. The summed E-state index contributed by atoms with van der Waals surface area (Å²) < 4.78 is 53.8. The van der Waals surface area contributed by atoms with Crippen molar-refractivity contribution in [1.29, 1.82) is 0 Å². The van der Waals surface area contributed by atoms with Crippen molar-refractivity contribution in [2.45, 2.75) is 211 Å². The van der Waals surface area contributed by atoms with Crippen molar-refractivity contribution in [3.8, 4) is 0 Å². The highest BCUT2D eigenvalue weighted by Gasteiger charge is 2.46. The Morgan fingerprint density at radius 3 is 1.43 bits per heavy atom. The molecule has 0 saturated carbocycles. The number of hydrogen-bond donors (Lipinski definition) is 4. The molecule has 1 saturated heterocycles. The summed E-state index contributed by atoms with van der Waals surface area (Å²) in [6, 6.07) is 0. The lowest BCUT2D eigenvalue weighted by atomic mass is 10.00. The van der Waals surface area contributed by atoms with Gasteiger partial charge in [-0.15, -0.1) is 0 Å². The molecule has 2 unspecified atom stereocenters. The molecule has 1 heterocycles. The molecule has 0 bridgehead atoms. The van der Waals surface area contributed by atoms with Gasteiger partial charge in [0.1, 0.15) is 36.8 Å². The Balaban J connectivity index is 2.50. The number of ether oxygens (including phenoxy) is 4. The van der Waals surface area contributed by atoms with Crippen molar-refractivity contribution < 1.29 is 56.8 Å². The van der Waals surface area contributed by atoms with E-state index in [1.54, 1.807) is 0 Å². The number of esters is 2. The zero-order chi connectivity index (χ0) is 37.7. The first-order valence-corrected chi connectivity index (χ1v) is 21.7. The van der Waals surface area contributed by atoms with Gasteiger partial charge in [0.15, 0.2) is 12.4 Å². The van der Waals surface area contributed by atoms with E-state index >= 15 is 0 Å². The molecule has 0 radical (unpaired) electrons. The van der Waals surface area contributed by atoms with Crippen LogP contribution in [0.3, 0.4) is 0 Å². The average molecular weight is 753 g/mol. The fourth-order valence-corrected chi connectivity index (χ4v) is 6.96. The van der Waals surface area contributed by atoms with Gasteiger partial charge in [-0.2, -0.15) is 8.42 Å². The number of aliphatic hydroxyl groups is 3. The van der Waals surface area contributed by atoms with E-state index in [2.05, 4.69) is 13.8 Å². The van der Waals surface area contributed by atoms with Gasteiger partial charge in [0.2, 0.25) is 0 Å². The molecule has 0 aliphatic carbocycles. The van der Waals surface area contributed by atoms with E-state index in [9.17, 15) is 37.9 Å². The van der Waals surface area contributed by atoms with Crippen LogP contribution in [-0.4, -0.2) is 96.0 Å². The van der Waals surface area contributed by atoms with Crippen molar-refractivity contribution >= 4 is 22.1 Å². The third-order valence-corrected chi connectivity index (χ3v) is 10.2. The zero-order valence-corrected chi connectivity index (χ0v) is 32.5. The maximum absolute atomic E-state index is 12.7. The van der Waals surface area contributed by atoms with Gasteiger partial charge >= 0.3 is 11.9 Å². The molecule has 0 aromatic heterocycles. The molecule has 0 spiro atoms. The topological polar surface area (TPSA) is 186 Å². The van der Waals surface area contributed by atoms with Crippen molar-refractivity contribution in [2.75, 3.05) is 19.0 Å². The Morgan fingerprint density at radius 1 is 0.588 bits per heavy atom. The molecule has 1 aliphatic rings. The predicted octanol–water partition coefficient (Wildman–Crippen LogP) is 6.95. The van der Waals surface area contributed by atoms with Crippen molar-refractivity contribution in [3.63, 3.8) is 0 Å². The second-order valence-corrected chi connectivity index (χ2v) is 15.8. The van der Waals surface area contributed by atoms with Crippen LogP contribution >= 0.6 is 0 Å². The molecule has 6 atom stereocenters. The van der Waals surface area contributed by atoms with Crippen LogP contribution < -0.4 is 0 Å². The number of rotatable bonds is 33. The standard InChI is InChI=1S/C38H72O12S/c1-3-5-7-9-11-13-15-16-17-19-21-23-25-27-34(40)49-31(28-47-33(39)26-24-22-20-18-14-12-10-8-6-4-2)29-48-38-37(43)36(42)35(41)32(50-38)30-51(44,45)46/h31-32,35-38,41-43H,3-30H2,1-2H3,(H,44,45,46)/t31-,32-,35-,36?,37?,38+/m1/s1. The first kappa shape index (κ1) is 47.7. The fraction of sp³-hybridized carbons (Fsp3) is 0.947. The molecular weight excluding hydrogens is 680 g/mol. The first-order chi connectivity index (χ1) is 24.5. The van der Waals surface area contributed by atoms with E-state index in [4.69, 9.17) is 18.9 Å². The van der Waals surface area contributed by atoms with E-state index < -0.39 is 71.2 Å². The average Bonchev–Trinajstić information content (AvgIpc) is 3.09. The minimum Gasteiger partial charge on any atom is -0.462 e. The molecule has 13 heteroatoms. The lowest BCUT2D eigenvalue weighted by Crippen LogP contribution is -2.60. The molecule has 4 N–H and O–H groups in total. The maximum atomic E-state index is 12.7. The molecule has 1 aliphatic heterocycles. The van der Waals surface area contributed by atoms with Gasteiger partial charge in [-0.1, -0.05) is 149 Å². The minimum absolute atomic E-state index is 0.171. The summed E-state index contributed by atoms with van der Waals surface area (Å²) in [5.41, 5.74) is 0. The quantitative estimate of drug-likeness (QED) is 0.0308. The smallest absolute Gasteiger partial charge is 0.306 e. The second kappa shape index (κ2) is 30.0. The lowest BCUT2D eigenvalue weighted by molar-refractivity contribution is -0.297. The van der Waals surface area contributed by atoms with Crippen LogP contribution in [0.25, 0.3) is 0 Å². The number of unbranched alkanes of at least 4 members (excludes halogenated alkanes) is 21. The highest BCUT2D eigenvalue weighted by atomic mass is 32.2. The van der Waals surface area contributed by atoms with E-state index in [1.165, 1.54) is 96.3 Å². The maximum Gasteiger partial charge on any atom is 0.306 e. The summed E-state index contributed by atoms with van der Waals surface area (Å²) in [6.07, 6.45) is 17.3. The number of carbonyl (C=O) groups excluding carboxylic acids is 2. The number of aliphatic hydroxyl groups excluding tert-OH is 3.